The summed E-state index contributed by atoms with van der Waals surface area (Å²) in [6.07, 6.45) is 0. The van der Waals surface area contributed by atoms with Crippen molar-refractivity contribution in [1.29, 1.82) is 0 Å². The molecule has 1 heterocycles. The Bertz CT molecular complexity index is 989. The van der Waals surface area contributed by atoms with Crippen LogP contribution in [0.1, 0.15) is 40.1 Å². The minimum atomic E-state index is -0.0590. The monoisotopic (exact) mass is 405 g/mol. The van der Waals surface area contributed by atoms with Crippen molar-refractivity contribution in [2.45, 2.75) is 13.8 Å². The third kappa shape index (κ3) is 3.63. The number of fused-ring (bicyclic) bond motifs is 3. The SMILES string of the molecule is CCN(CC)C(=O)CN1CCN(C(=O)c2ccc3c(c2)C(=O)c2ccccc2-3)CC1. The fraction of sp³-hybridized carbons (Fsp3) is 0.375. The van der Waals surface area contributed by atoms with Gasteiger partial charge in [0.25, 0.3) is 5.91 Å². The molecule has 6 nitrogen and oxygen atoms in total. The van der Waals surface area contributed by atoms with E-state index in [4.69, 9.17) is 0 Å². The van der Waals surface area contributed by atoms with Crippen LogP contribution in [0.25, 0.3) is 11.1 Å². The van der Waals surface area contributed by atoms with E-state index in [1.165, 1.54) is 0 Å². The van der Waals surface area contributed by atoms with E-state index in [9.17, 15) is 14.4 Å². The van der Waals surface area contributed by atoms with Gasteiger partial charge < -0.3 is 9.80 Å². The molecule has 2 aliphatic rings. The van der Waals surface area contributed by atoms with Crippen LogP contribution in [-0.4, -0.2) is 78.1 Å². The van der Waals surface area contributed by atoms with Crippen molar-refractivity contribution in [3.05, 3.63) is 59.2 Å². The van der Waals surface area contributed by atoms with Gasteiger partial charge in [0.15, 0.2) is 5.78 Å². The summed E-state index contributed by atoms with van der Waals surface area (Å²) in [5, 5.41) is 0. The quantitative estimate of drug-likeness (QED) is 0.655. The van der Waals surface area contributed by atoms with Crippen molar-refractivity contribution in [2.75, 3.05) is 45.8 Å². The number of benzene rings is 2. The number of likely N-dealkylation sites (N-methyl/N-ethyl adjacent to an activating group) is 1. The lowest BCUT2D eigenvalue weighted by molar-refractivity contribution is -0.132. The summed E-state index contributed by atoms with van der Waals surface area (Å²) in [4.78, 5) is 43.8. The van der Waals surface area contributed by atoms with Gasteiger partial charge in [-0.1, -0.05) is 30.3 Å². The number of hydrogen-bond acceptors (Lipinski definition) is 4. The van der Waals surface area contributed by atoms with Gasteiger partial charge in [-0.15, -0.1) is 0 Å². The zero-order valence-corrected chi connectivity index (χ0v) is 17.6. The van der Waals surface area contributed by atoms with Gasteiger partial charge in [0.2, 0.25) is 5.91 Å². The number of ketones is 1. The molecular formula is C24H27N3O3. The molecule has 1 aliphatic carbocycles. The standard InChI is InChI=1S/C24H27N3O3/c1-3-26(4-2)22(28)16-25-11-13-27(14-12-25)24(30)17-9-10-19-18-7-5-6-8-20(18)23(29)21(19)15-17/h5-10,15H,3-4,11-14,16H2,1-2H3. The Kier molecular flexibility index (Phi) is 5.68. The Morgan fingerprint density at radius 2 is 1.50 bits per heavy atom. The molecule has 1 saturated heterocycles. The van der Waals surface area contributed by atoms with E-state index in [1.807, 2.05) is 60.0 Å². The zero-order chi connectivity index (χ0) is 21.3. The molecule has 2 aromatic rings. The second-order valence-electron chi connectivity index (χ2n) is 7.77. The fourth-order valence-electron chi connectivity index (χ4n) is 4.32. The maximum Gasteiger partial charge on any atom is 0.253 e. The second-order valence-corrected chi connectivity index (χ2v) is 7.77. The first kappa shape index (κ1) is 20.3. The predicted octanol–water partition coefficient (Wildman–Crippen LogP) is 2.52. The lowest BCUT2D eigenvalue weighted by Crippen LogP contribution is -2.51. The number of carbonyl (C=O) groups excluding carboxylic acids is 3. The van der Waals surface area contributed by atoms with Gasteiger partial charge in [0.1, 0.15) is 0 Å². The van der Waals surface area contributed by atoms with Crippen LogP contribution in [0.15, 0.2) is 42.5 Å². The highest BCUT2D eigenvalue weighted by molar-refractivity contribution is 6.22. The predicted molar refractivity (Wildman–Crippen MR) is 116 cm³/mol. The third-order valence-corrected chi connectivity index (χ3v) is 6.11. The first-order chi connectivity index (χ1) is 14.5. The Balaban J connectivity index is 1.41. The summed E-state index contributed by atoms with van der Waals surface area (Å²) >= 11 is 0. The Morgan fingerprint density at radius 1 is 0.867 bits per heavy atom. The highest BCUT2D eigenvalue weighted by Crippen LogP contribution is 2.36. The summed E-state index contributed by atoms with van der Waals surface area (Å²) in [5.41, 5.74) is 3.67. The minimum absolute atomic E-state index is 0.0185. The van der Waals surface area contributed by atoms with E-state index in [1.54, 1.807) is 6.07 Å². The molecule has 0 spiro atoms. The van der Waals surface area contributed by atoms with Crippen LogP contribution in [0.3, 0.4) is 0 Å². The number of amides is 2. The number of nitrogens with zero attached hydrogens (tertiary/aromatic N) is 3. The van der Waals surface area contributed by atoms with Crippen LogP contribution < -0.4 is 0 Å². The molecule has 0 bridgehead atoms. The summed E-state index contributed by atoms with van der Waals surface area (Å²) in [6, 6.07) is 13.0. The zero-order valence-electron chi connectivity index (χ0n) is 17.6. The van der Waals surface area contributed by atoms with Crippen LogP contribution in [0.5, 0.6) is 0 Å². The van der Waals surface area contributed by atoms with Crippen molar-refractivity contribution in [2.24, 2.45) is 0 Å². The lowest BCUT2D eigenvalue weighted by atomic mass is 10.0. The van der Waals surface area contributed by atoms with Crippen molar-refractivity contribution in [3.8, 4) is 11.1 Å². The highest BCUT2D eigenvalue weighted by Gasteiger charge is 2.29. The van der Waals surface area contributed by atoms with E-state index in [2.05, 4.69) is 4.90 Å². The highest BCUT2D eigenvalue weighted by atomic mass is 16.2. The molecule has 1 aliphatic heterocycles. The molecule has 156 valence electrons. The van der Waals surface area contributed by atoms with Gasteiger partial charge in [-0.2, -0.15) is 0 Å². The van der Waals surface area contributed by atoms with Crippen LogP contribution >= 0.6 is 0 Å². The van der Waals surface area contributed by atoms with Gasteiger partial charge in [-0.05, 0) is 37.1 Å². The van der Waals surface area contributed by atoms with E-state index in [0.29, 0.717) is 62.5 Å². The third-order valence-electron chi connectivity index (χ3n) is 6.11. The molecule has 2 aromatic carbocycles. The number of hydrogen-bond donors (Lipinski definition) is 0. The van der Waals surface area contributed by atoms with Crippen molar-refractivity contribution in [3.63, 3.8) is 0 Å². The molecule has 6 heteroatoms. The van der Waals surface area contributed by atoms with Gasteiger partial charge in [-0.3, -0.25) is 19.3 Å². The maximum atomic E-state index is 13.0. The first-order valence-electron chi connectivity index (χ1n) is 10.6. The molecule has 0 unspecified atom stereocenters. The molecule has 1 fully saturated rings. The number of piperazine rings is 1. The van der Waals surface area contributed by atoms with Gasteiger partial charge in [-0.25, -0.2) is 0 Å². The minimum Gasteiger partial charge on any atom is -0.342 e. The van der Waals surface area contributed by atoms with E-state index in [0.717, 1.165) is 11.1 Å². The molecule has 4 rings (SSSR count). The fourth-order valence-corrected chi connectivity index (χ4v) is 4.32. The molecule has 0 radical (unpaired) electrons. The van der Waals surface area contributed by atoms with Gasteiger partial charge >= 0.3 is 0 Å². The molecule has 0 atom stereocenters. The van der Waals surface area contributed by atoms with Crippen LogP contribution in [0.2, 0.25) is 0 Å². The molecule has 0 aromatic heterocycles. The molecule has 0 saturated carbocycles. The summed E-state index contributed by atoms with van der Waals surface area (Å²) in [6.45, 7) is 8.31. The normalized spacial score (nSPS) is 15.7. The van der Waals surface area contributed by atoms with Crippen molar-refractivity contribution >= 4 is 17.6 Å². The van der Waals surface area contributed by atoms with E-state index in [-0.39, 0.29) is 17.6 Å². The molecule has 0 N–H and O–H groups in total. The van der Waals surface area contributed by atoms with Crippen LogP contribution in [-0.2, 0) is 4.79 Å². The number of rotatable bonds is 5. The Hall–Kier alpha value is -2.99. The average molecular weight is 405 g/mol. The Morgan fingerprint density at radius 3 is 2.17 bits per heavy atom. The molecule has 2 amide bonds. The Labute approximate surface area is 177 Å². The summed E-state index contributed by atoms with van der Waals surface area (Å²) in [5.74, 6) is 0.0581. The molecule has 30 heavy (non-hydrogen) atoms. The largest absolute Gasteiger partial charge is 0.342 e. The smallest absolute Gasteiger partial charge is 0.253 e. The maximum absolute atomic E-state index is 13.0. The van der Waals surface area contributed by atoms with Crippen molar-refractivity contribution < 1.29 is 14.4 Å². The second kappa shape index (κ2) is 8.40. The van der Waals surface area contributed by atoms with Gasteiger partial charge in [0.05, 0.1) is 6.54 Å². The van der Waals surface area contributed by atoms with Crippen LogP contribution in [0, 0.1) is 0 Å². The topological polar surface area (TPSA) is 60.9 Å². The van der Waals surface area contributed by atoms with Gasteiger partial charge in [0, 0.05) is 56.0 Å². The van der Waals surface area contributed by atoms with E-state index < -0.39 is 0 Å². The summed E-state index contributed by atoms with van der Waals surface area (Å²) < 4.78 is 0. The van der Waals surface area contributed by atoms with Crippen molar-refractivity contribution in [1.82, 2.24) is 14.7 Å². The average Bonchev–Trinajstić information content (AvgIpc) is 3.06. The first-order valence-corrected chi connectivity index (χ1v) is 10.6. The van der Waals surface area contributed by atoms with Crippen LogP contribution in [0.4, 0.5) is 0 Å². The number of carbonyl (C=O) groups is 3. The lowest BCUT2D eigenvalue weighted by Gasteiger charge is -2.35. The van der Waals surface area contributed by atoms with E-state index >= 15 is 0 Å². The molecular weight excluding hydrogens is 378 g/mol. The summed E-state index contributed by atoms with van der Waals surface area (Å²) in [7, 11) is 0.